The molecular weight excluding hydrogens is 507 g/mol. The molecule has 2 unspecified atom stereocenters. The van der Waals surface area contributed by atoms with E-state index in [-0.39, 0.29) is 42.6 Å². The fourth-order valence-electron chi connectivity index (χ4n) is 4.35. The molecule has 2 aromatic carbocycles. The van der Waals surface area contributed by atoms with Gasteiger partial charge in [0, 0.05) is 30.1 Å². The third kappa shape index (κ3) is 6.29. The maximum absolute atomic E-state index is 13.7. The molecule has 1 N–H and O–H groups in total. The van der Waals surface area contributed by atoms with Crippen molar-refractivity contribution in [1.29, 1.82) is 0 Å². The van der Waals surface area contributed by atoms with Gasteiger partial charge in [-0.05, 0) is 59.3 Å². The second kappa shape index (κ2) is 12.1. The minimum atomic E-state index is -0.837. The Morgan fingerprint density at radius 1 is 1.13 bits per heavy atom. The summed E-state index contributed by atoms with van der Waals surface area (Å²) in [4.78, 5) is 30.8. The van der Waals surface area contributed by atoms with Gasteiger partial charge in [-0.25, -0.2) is 4.39 Å². The number of tetrazole rings is 1. The smallest absolute Gasteiger partial charge is 0.248 e. The Morgan fingerprint density at radius 3 is 2.66 bits per heavy atom. The van der Waals surface area contributed by atoms with Crippen LogP contribution in [0.15, 0.2) is 72.1 Å². The quantitative estimate of drug-likeness (QED) is 0.334. The molecule has 9 nitrogen and oxygen atoms in total. The first kappa shape index (κ1) is 25.7. The van der Waals surface area contributed by atoms with Crippen molar-refractivity contribution in [2.75, 3.05) is 13.2 Å². The molecule has 0 bridgehead atoms. The summed E-state index contributed by atoms with van der Waals surface area (Å²) in [5.74, 6) is -0.705. The van der Waals surface area contributed by atoms with Crippen LogP contribution in [0.5, 0.6) is 0 Å². The average Bonchev–Trinajstić information content (AvgIpc) is 3.72. The van der Waals surface area contributed by atoms with Gasteiger partial charge in [-0.15, -0.1) is 21.5 Å². The molecule has 196 valence electrons. The van der Waals surface area contributed by atoms with Crippen molar-refractivity contribution in [2.45, 2.75) is 38.1 Å². The van der Waals surface area contributed by atoms with E-state index < -0.39 is 6.04 Å². The maximum atomic E-state index is 13.7. The summed E-state index contributed by atoms with van der Waals surface area (Å²) in [6.45, 7) is 1.02. The molecule has 0 spiro atoms. The number of thiophene rings is 1. The number of nitrogens with zero attached hydrogens (tertiary/aromatic N) is 5. The summed E-state index contributed by atoms with van der Waals surface area (Å²) in [5.41, 5.74) is 1.54. The predicted octanol–water partition coefficient (Wildman–Crippen LogP) is 3.61. The lowest BCUT2D eigenvalue weighted by Gasteiger charge is -2.32. The summed E-state index contributed by atoms with van der Waals surface area (Å²) in [6, 6.07) is 18.2. The first-order valence-corrected chi connectivity index (χ1v) is 13.2. The van der Waals surface area contributed by atoms with Crippen molar-refractivity contribution in [3.8, 4) is 11.4 Å². The number of ether oxygens (including phenoxy) is 1. The van der Waals surface area contributed by atoms with E-state index in [9.17, 15) is 14.0 Å². The SMILES string of the molecule is O=C(NCc1ccccc1)C(c1cccs1)N(CC1CCCO1)C(=O)Cn1nnc(-c2ccc(F)cc2)n1. The molecule has 0 saturated carbocycles. The molecule has 38 heavy (non-hydrogen) atoms. The average molecular weight is 535 g/mol. The molecule has 2 atom stereocenters. The van der Waals surface area contributed by atoms with Crippen molar-refractivity contribution in [2.24, 2.45) is 0 Å². The molecule has 11 heteroatoms. The van der Waals surface area contributed by atoms with E-state index in [1.54, 1.807) is 17.0 Å². The number of aromatic nitrogens is 4. The van der Waals surface area contributed by atoms with Gasteiger partial charge in [-0.3, -0.25) is 9.59 Å². The maximum Gasteiger partial charge on any atom is 0.248 e. The highest BCUT2D eigenvalue weighted by molar-refractivity contribution is 7.10. The molecule has 2 aromatic heterocycles. The van der Waals surface area contributed by atoms with Crippen molar-refractivity contribution in [1.82, 2.24) is 30.4 Å². The molecular formula is C27H27FN6O3S. The standard InChI is InChI=1S/C27H27FN6O3S/c28-21-12-10-20(11-13-21)26-30-32-34(31-26)18-24(35)33(17-22-8-4-14-37-22)25(23-9-5-15-38-23)27(36)29-16-19-6-2-1-3-7-19/h1-3,5-7,9-13,15,22,25H,4,8,14,16-18H2,(H,29,36). The molecule has 4 aromatic rings. The van der Waals surface area contributed by atoms with E-state index in [1.807, 2.05) is 47.8 Å². The largest absolute Gasteiger partial charge is 0.376 e. The van der Waals surface area contributed by atoms with Gasteiger partial charge >= 0.3 is 0 Å². The van der Waals surface area contributed by atoms with Gasteiger partial charge in [0.25, 0.3) is 0 Å². The second-order valence-corrected chi connectivity index (χ2v) is 9.93. The van der Waals surface area contributed by atoms with E-state index in [0.717, 1.165) is 23.3 Å². The monoisotopic (exact) mass is 534 g/mol. The van der Waals surface area contributed by atoms with Crippen LogP contribution in [0.25, 0.3) is 11.4 Å². The second-order valence-electron chi connectivity index (χ2n) is 8.95. The lowest BCUT2D eigenvalue weighted by Crippen LogP contribution is -2.47. The summed E-state index contributed by atoms with van der Waals surface area (Å²) in [5, 5.41) is 17.2. The molecule has 3 heterocycles. The molecule has 1 saturated heterocycles. The van der Waals surface area contributed by atoms with Crippen LogP contribution in [0.3, 0.4) is 0 Å². The van der Waals surface area contributed by atoms with Crippen LogP contribution < -0.4 is 5.32 Å². The van der Waals surface area contributed by atoms with Gasteiger partial charge in [0.05, 0.1) is 6.10 Å². The molecule has 2 amide bonds. The lowest BCUT2D eigenvalue weighted by atomic mass is 10.1. The van der Waals surface area contributed by atoms with Crippen LogP contribution in [-0.4, -0.2) is 56.2 Å². The van der Waals surface area contributed by atoms with E-state index in [2.05, 4.69) is 20.7 Å². The van der Waals surface area contributed by atoms with Crippen LogP contribution >= 0.6 is 11.3 Å². The topological polar surface area (TPSA) is 102 Å². The normalized spacial score (nSPS) is 15.8. The van der Waals surface area contributed by atoms with Crippen LogP contribution in [0.2, 0.25) is 0 Å². The first-order chi connectivity index (χ1) is 18.6. The van der Waals surface area contributed by atoms with Gasteiger partial charge in [-0.2, -0.15) is 4.80 Å². The number of benzene rings is 2. The zero-order valence-corrected chi connectivity index (χ0v) is 21.4. The number of nitrogens with one attached hydrogen (secondary N) is 1. The summed E-state index contributed by atoms with van der Waals surface area (Å²) in [7, 11) is 0. The van der Waals surface area contributed by atoms with Gasteiger partial charge in [0.2, 0.25) is 17.6 Å². The van der Waals surface area contributed by atoms with E-state index in [4.69, 9.17) is 4.74 Å². The number of amides is 2. The Hall–Kier alpha value is -3.96. The van der Waals surface area contributed by atoms with Gasteiger partial charge < -0.3 is 15.0 Å². The fourth-order valence-corrected chi connectivity index (χ4v) is 5.18. The Kier molecular flexibility index (Phi) is 8.15. The van der Waals surface area contributed by atoms with E-state index >= 15 is 0 Å². The molecule has 0 aliphatic carbocycles. The van der Waals surface area contributed by atoms with Gasteiger partial charge in [0.1, 0.15) is 18.4 Å². The molecule has 1 aliphatic rings. The number of hydrogen-bond donors (Lipinski definition) is 1. The van der Waals surface area contributed by atoms with Crippen molar-refractivity contribution < 1.29 is 18.7 Å². The molecule has 5 rings (SSSR count). The number of halogens is 1. The van der Waals surface area contributed by atoms with Gasteiger partial charge in [-0.1, -0.05) is 36.4 Å². The molecule has 1 aliphatic heterocycles. The molecule has 1 fully saturated rings. The molecule has 0 radical (unpaired) electrons. The predicted molar refractivity (Wildman–Crippen MR) is 139 cm³/mol. The van der Waals surface area contributed by atoms with E-state index in [0.29, 0.717) is 18.7 Å². The number of carbonyl (C=O) groups excluding carboxylic acids is 2. The number of hydrogen-bond acceptors (Lipinski definition) is 7. The zero-order chi connectivity index (χ0) is 26.3. The summed E-state index contributed by atoms with van der Waals surface area (Å²) >= 11 is 1.42. The van der Waals surface area contributed by atoms with Crippen LogP contribution in [0.1, 0.15) is 29.3 Å². The first-order valence-electron chi connectivity index (χ1n) is 12.4. The van der Waals surface area contributed by atoms with Crippen molar-refractivity contribution in [3.63, 3.8) is 0 Å². The van der Waals surface area contributed by atoms with Crippen LogP contribution in [0, 0.1) is 5.82 Å². The zero-order valence-electron chi connectivity index (χ0n) is 20.6. The van der Waals surface area contributed by atoms with E-state index in [1.165, 1.54) is 28.3 Å². The third-order valence-corrected chi connectivity index (χ3v) is 7.18. The van der Waals surface area contributed by atoms with Crippen molar-refractivity contribution in [3.05, 3.63) is 88.4 Å². The van der Waals surface area contributed by atoms with Gasteiger partial charge in [0.15, 0.2) is 0 Å². The summed E-state index contributed by atoms with van der Waals surface area (Å²) in [6.07, 6.45) is 1.55. The number of rotatable bonds is 10. The Bertz CT molecular complexity index is 1340. The minimum absolute atomic E-state index is 0.165. The Labute approximate surface area is 223 Å². The summed E-state index contributed by atoms with van der Waals surface area (Å²) < 4.78 is 19.1. The van der Waals surface area contributed by atoms with Crippen LogP contribution in [0.4, 0.5) is 4.39 Å². The Morgan fingerprint density at radius 2 is 1.95 bits per heavy atom. The fraction of sp³-hybridized carbons (Fsp3) is 0.296. The highest BCUT2D eigenvalue weighted by Gasteiger charge is 2.35. The number of carbonyl (C=O) groups is 2. The lowest BCUT2D eigenvalue weighted by molar-refractivity contribution is -0.143. The highest BCUT2D eigenvalue weighted by Crippen LogP contribution is 2.28. The van der Waals surface area contributed by atoms with Crippen LogP contribution in [-0.2, 0) is 27.4 Å². The Balaban J connectivity index is 1.38. The van der Waals surface area contributed by atoms with Crippen molar-refractivity contribution >= 4 is 23.2 Å². The minimum Gasteiger partial charge on any atom is -0.376 e. The highest BCUT2D eigenvalue weighted by atomic mass is 32.1. The third-order valence-electron chi connectivity index (χ3n) is 6.26.